The fourth-order valence-electron chi connectivity index (χ4n) is 2.45. The molecular weight excluding hydrogens is 280 g/mol. The van der Waals surface area contributed by atoms with E-state index in [1.807, 2.05) is 12.1 Å². The Morgan fingerprint density at radius 2 is 2.00 bits per heavy atom. The van der Waals surface area contributed by atoms with Crippen molar-refractivity contribution >= 4 is 28.8 Å². The lowest BCUT2D eigenvalue weighted by Gasteiger charge is -2.16. The number of hydrogen-bond acceptors (Lipinski definition) is 3. The number of carbonyl (C=O) groups excluding carboxylic acids is 1. The highest BCUT2D eigenvalue weighted by Gasteiger charge is 2.14. The number of carbonyl (C=O) groups is 1. The van der Waals surface area contributed by atoms with Crippen LogP contribution in [-0.2, 0) is 11.3 Å². The summed E-state index contributed by atoms with van der Waals surface area (Å²) in [6.45, 7) is 1.08. The molecule has 1 aliphatic rings. The molecule has 3 nitrogen and oxygen atoms in total. The van der Waals surface area contributed by atoms with E-state index in [2.05, 4.69) is 10.6 Å². The predicted octanol–water partition coefficient (Wildman–Crippen LogP) is 3.33. The van der Waals surface area contributed by atoms with E-state index in [0.29, 0.717) is 19.1 Å². The van der Waals surface area contributed by atoms with Crippen LogP contribution in [0.4, 0.5) is 0 Å². The van der Waals surface area contributed by atoms with Crippen molar-refractivity contribution in [1.82, 2.24) is 10.6 Å². The Kier molecular flexibility index (Phi) is 6.14. The Labute approximate surface area is 123 Å². The summed E-state index contributed by atoms with van der Waals surface area (Å²) >= 11 is 7.41. The molecule has 0 aromatic carbocycles. The van der Waals surface area contributed by atoms with Crippen LogP contribution < -0.4 is 10.6 Å². The molecule has 5 heteroatoms. The first kappa shape index (κ1) is 14.8. The van der Waals surface area contributed by atoms with E-state index in [1.165, 1.54) is 25.7 Å². The van der Waals surface area contributed by atoms with Crippen molar-refractivity contribution in [2.24, 2.45) is 0 Å². The van der Waals surface area contributed by atoms with Crippen LogP contribution in [0.15, 0.2) is 12.1 Å². The molecule has 0 radical (unpaired) electrons. The van der Waals surface area contributed by atoms with Crippen molar-refractivity contribution in [1.29, 1.82) is 0 Å². The Bertz CT molecular complexity index is 400. The third kappa shape index (κ3) is 5.51. The van der Waals surface area contributed by atoms with Gasteiger partial charge in [0.25, 0.3) is 0 Å². The number of halogens is 1. The Balaban J connectivity index is 1.63. The monoisotopic (exact) mass is 300 g/mol. The van der Waals surface area contributed by atoms with Crippen molar-refractivity contribution in [3.63, 3.8) is 0 Å². The van der Waals surface area contributed by atoms with Gasteiger partial charge < -0.3 is 10.6 Å². The van der Waals surface area contributed by atoms with Gasteiger partial charge in [-0.15, -0.1) is 11.3 Å². The minimum atomic E-state index is 0.106. The van der Waals surface area contributed by atoms with Gasteiger partial charge in [0.1, 0.15) is 0 Å². The van der Waals surface area contributed by atoms with Crippen molar-refractivity contribution in [3.8, 4) is 0 Å². The SMILES string of the molecule is O=C(CNCc1ccc(Cl)s1)NC1CCCCCC1. The van der Waals surface area contributed by atoms with Crippen LogP contribution in [0.25, 0.3) is 0 Å². The molecule has 0 unspecified atom stereocenters. The van der Waals surface area contributed by atoms with Crippen LogP contribution in [-0.4, -0.2) is 18.5 Å². The summed E-state index contributed by atoms with van der Waals surface area (Å²) in [6.07, 6.45) is 7.37. The molecule has 2 N–H and O–H groups in total. The normalized spacial score (nSPS) is 17.1. The molecule has 2 rings (SSSR count). The van der Waals surface area contributed by atoms with E-state index in [4.69, 9.17) is 11.6 Å². The maximum absolute atomic E-state index is 11.8. The zero-order chi connectivity index (χ0) is 13.5. The second-order valence-electron chi connectivity index (χ2n) is 5.07. The van der Waals surface area contributed by atoms with E-state index in [9.17, 15) is 4.79 Å². The quantitative estimate of drug-likeness (QED) is 0.819. The lowest BCUT2D eigenvalue weighted by Crippen LogP contribution is -2.40. The van der Waals surface area contributed by atoms with Crippen LogP contribution in [0.1, 0.15) is 43.4 Å². The van der Waals surface area contributed by atoms with Crippen molar-refractivity contribution in [3.05, 3.63) is 21.3 Å². The fraction of sp³-hybridized carbons (Fsp3) is 0.643. The Morgan fingerprint density at radius 1 is 1.26 bits per heavy atom. The van der Waals surface area contributed by atoms with Crippen LogP contribution in [0, 0.1) is 0 Å². The third-order valence-corrected chi connectivity index (χ3v) is 4.67. The molecule has 1 aliphatic carbocycles. The zero-order valence-corrected chi connectivity index (χ0v) is 12.7. The number of thiophene rings is 1. The van der Waals surface area contributed by atoms with Crippen molar-refractivity contribution in [2.75, 3.05) is 6.54 Å². The minimum Gasteiger partial charge on any atom is -0.352 e. The molecule has 1 amide bonds. The van der Waals surface area contributed by atoms with Gasteiger partial charge >= 0.3 is 0 Å². The summed E-state index contributed by atoms with van der Waals surface area (Å²) in [5, 5.41) is 6.29. The lowest BCUT2D eigenvalue weighted by atomic mass is 10.1. The first-order chi connectivity index (χ1) is 9.24. The average Bonchev–Trinajstić information content (AvgIpc) is 2.63. The summed E-state index contributed by atoms with van der Waals surface area (Å²) in [5.74, 6) is 0.106. The summed E-state index contributed by atoms with van der Waals surface area (Å²) in [7, 11) is 0. The summed E-state index contributed by atoms with van der Waals surface area (Å²) in [5.41, 5.74) is 0. The smallest absolute Gasteiger partial charge is 0.234 e. The van der Waals surface area contributed by atoms with Crippen LogP contribution in [0.5, 0.6) is 0 Å². The van der Waals surface area contributed by atoms with Gasteiger partial charge in [-0.2, -0.15) is 0 Å². The van der Waals surface area contributed by atoms with Crippen molar-refractivity contribution < 1.29 is 4.79 Å². The molecule has 106 valence electrons. The highest BCUT2D eigenvalue weighted by atomic mass is 35.5. The third-order valence-electron chi connectivity index (χ3n) is 3.43. The van der Waals surface area contributed by atoms with Crippen LogP contribution in [0.3, 0.4) is 0 Å². The molecule has 19 heavy (non-hydrogen) atoms. The van der Waals surface area contributed by atoms with E-state index >= 15 is 0 Å². The predicted molar refractivity (Wildman–Crippen MR) is 80.7 cm³/mol. The van der Waals surface area contributed by atoms with E-state index < -0.39 is 0 Å². The molecule has 0 spiro atoms. The first-order valence-electron chi connectivity index (χ1n) is 6.98. The molecule has 1 aromatic rings. The van der Waals surface area contributed by atoms with Crippen molar-refractivity contribution in [2.45, 2.75) is 51.1 Å². The number of rotatable bonds is 5. The zero-order valence-electron chi connectivity index (χ0n) is 11.1. The van der Waals surface area contributed by atoms with Gasteiger partial charge in [0.15, 0.2) is 0 Å². The number of nitrogens with one attached hydrogen (secondary N) is 2. The van der Waals surface area contributed by atoms with Gasteiger partial charge in [0, 0.05) is 17.5 Å². The summed E-state index contributed by atoms with van der Waals surface area (Å²) in [4.78, 5) is 13.0. The van der Waals surface area contributed by atoms with E-state index in [1.54, 1.807) is 11.3 Å². The molecule has 0 atom stereocenters. The van der Waals surface area contributed by atoms with Gasteiger partial charge in [0.2, 0.25) is 5.91 Å². The van der Waals surface area contributed by atoms with Gasteiger partial charge in [0.05, 0.1) is 10.9 Å². The second-order valence-corrected chi connectivity index (χ2v) is 6.87. The van der Waals surface area contributed by atoms with E-state index in [0.717, 1.165) is 22.1 Å². The second kappa shape index (κ2) is 7.88. The number of amides is 1. The standard InChI is InChI=1S/C14H21ClN2OS/c15-13-8-7-12(19-13)9-16-10-14(18)17-11-5-3-1-2-4-6-11/h7-8,11,16H,1-6,9-10H2,(H,17,18). The lowest BCUT2D eigenvalue weighted by molar-refractivity contribution is -0.121. The topological polar surface area (TPSA) is 41.1 Å². The minimum absolute atomic E-state index is 0.106. The first-order valence-corrected chi connectivity index (χ1v) is 8.18. The molecule has 1 fully saturated rings. The highest BCUT2D eigenvalue weighted by molar-refractivity contribution is 7.16. The van der Waals surface area contributed by atoms with Gasteiger partial charge in [-0.05, 0) is 25.0 Å². The van der Waals surface area contributed by atoms with Crippen LogP contribution >= 0.6 is 22.9 Å². The fourth-order valence-corrected chi connectivity index (χ4v) is 3.51. The summed E-state index contributed by atoms with van der Waals surface area (Å²) in [6, 6.07) is 4.26. The maximum atomic E-state index is 11.8. The van der Waals surface area contributed by atoms with Gasteiger partial charge in [-0.25, -0.2) is 0 Å². The molecule has 0 saturated heterocycles. The Morgan fingerprint density at radius 3 is 2.63 bits per heavy atom. The Hall–Kier alpha value is -0.580. The maximum Gasteiger partial charge on any atom is 0.234 e. The van der Waals surface area contributed by atoms with E-state index in [-0.39, 0.29) is 5.91 Å². The van der Waals surface area contributed by atoms with Gasteiger partial charge in [-0.3, -0.25) is 4.79 Å². The molecule has 0 aliphatic heterocycles. The highest BCUT2D eigenvalue weighted by Crippen LogP contribution is 2.21. The van der Waals surface area contributed by atoms with Crippen LogP contribution in [0.2, 0.25) is 4.34 Å². The molecule has 1 heterocycles. The molecular formula is C14H21ClN2OS. The van der Waals surface area contributed by atoms with Gasteiger partial charge in [-0.1, -0.05) is 37.3 Å². The average molecular weight is 301 g/mol. The molecule has 0 bridgehead atoms. The largest absolute Gasteiger partial charge is 0.352 e. The molecule has 1 aromatic heterocycles. The number of hydrogen-bond donors (Lipinski definition) is 2. The summed E-state index contributed by atoms with van der Waals surface area (Å²) < 4.78 is 0.791. The molecule has 1 saturated carbocycles.